The van der Waals surface area contributed by atoms with Crippen molar-refractivity contribution in [1.82, 2.24) is 0 Å². The smallest absolute Gasteiger partial charge is 0.120 e. The highest BCUT2D eigenvalue weighted by atomic mass is 16.5. The molecule has 0 radical (unpaired) electrons. The van der Waals surface area contributed by atoms with E-state index in [1.165, 1.54) is 16.7 Å². The van der Waals surface area contributed by atoms with Crippen molar-refractivity contribution in [2.24, 2.45) is 21.6 Å². The van der Waals surface area contributed by atoms with Crippen molar-refractivity contribution in [3.05, 3.63) is 53.6 Å². The molecule has 3 atom stereocenters. The zero-order chi connectivity index (χ0) is 18.3. The zero-order valence-corrected chi connectivity index (χ0v) is 15.0. The summed E-state index contributed by atoms with van der Waals surface area (Å²) in [7, 11) is 0. The quantitative estimate of drug-likeness (QED) is 0.484. The van der Waals surface area contributed by atoms with Crippen molar-refractivity contribution in [2.75, 3.05) is 6.61 Å². The van der Waals surface area contributed by atoms with E-state index in [4.69, 9.17) is 4.74 Å². The van der Waals surface area contributed by atoms with Gasteiger partial charge in [-0.15, -0.1) is 0 Å². The Kier molecular flexibility index (Phi) is 4.10. The van der Waals surface area contributed by atoms with E-state index in [0.29, 0.717) is 30.4 Å². The van der Waals surface area contributed by atoms with Gasteiger partial charge in [0.25, 0.3) is 0 Å². The van der Waals surface area contributed by atoms with Crippen molar-refractivity contribution in [1.29, 1.82) is 0 Å². The SMILES string of the molecule is C=CCOc1ccc2c(c1)CC=C1[C@@H]2CC[C@]2(C)C(=NO)C(=NO)C[C@@H]12. The average Bonchev–Trinajstić information content (AvgIpc) is 2.97. The highest BCUT2D eigenvalue weighted by Crippen LogP contribution is 2.57. The molecule has 0 aliphatic heterocycles. The molecule has 0 amide bonds. The molecule has 0 aromatic heterocycles. The standard InChI is InChI=1S/C21H24N2O3/c1-3-10-26-14-5-7-15-13(11-14)4-6-17-16(15)8-9-21(2)18(17)12-19(22-24)20(21)23-25/h3,5-7,11,16,18,24-25H,1,4,8-10,12H2,2H3/t16-,18+,21+/m1/s1. The van der Waals surface area contributed by atoms with Crippen LogP contribution in [0.15, 0.2) is 52.8 Å². The zero-order valence-electron chi connectivity index (χ0n) is 15.0. The third kappa shape index (κ3) is 2.37. The van der Waals surface area contributed by atoms with Gasteiger partial charge in [0.15, 0.2) is 0 Å². The minimum Gasteiger partial charge on any atom is -0.490 e. The molecule has 2 N–H and O–H groups in total. The molecule has 5 heteroatoms. The van der Waals surface area contributed by atoms with Crippen LogP contribution in [0.4, 0.5) is 0 Å². The first-order valence-corrected chi connectivity index (χ1v) is 9.12. The lowest BCUT2D eigenvalue weighted by Crippen LogP contribution is -2.38. The number of nitrogens with zero attached hydrogens (tertiary/aromatic N) is 2. The Morgan fingerprint density at radius 2 is 2.19 bits per heavy atom. The maximum atomic E-state index is 9.48. The molecule has 5 nitrogen and oxygen atoms in total. The molecule has 2 saturated carbocycles. The summed E-state index contributed by atoms with van der Waals surface area (Å²) in [6.45, 7) is 6.33. The summed E-state index contributed by atoms with van der Waals surface area (Å²) in [5, 5.41) is 25.7. The summed E-state index contributed by atoms with van der Waals surface area (Å²) in [5.74, 6) is 1.48. The average molecular weight is 352 g/mol. The van der Waals surface area contributed by atoms with Crippen molar-refractivity contribution in [2.45, 2.75) is 38.5 Å². The van der Waals surface area contributed by atoms with Crippen LogP contribution in [0.2, 0.25) is 0 Å². The third-order valence-electron chi connectivity index (χ3n) is 6.37. The van der Waals surface area contributed by atoms with Crippen LogP contribution in [0.25, 0.3) is 0 Å². The number of hydrogen-bond donors (Lipinski definition) is 2. The second-order valence-electron chi connectivity index (χ2n) is 7.63. The van der Waals surface area contributed by atoms with Crippen molar-refractivity contribution in [3.63, 3.8) is 0 Å². The second kappa shape index (κ2) is 6.31. The fourth-order valence-corrected chi connectivity index (χ4v) is 5.09. The van der Waals surface area contributed by atoms with E-state index in [9.17, 15) is 10.4 Å². The molecular formula is C21H24N2O3. The summed E-state index contributed by atoms with van der Waals surface area (Å²) < 4.78 is 5.67. The number of fused-ring (bicyclic) bond motifs is 5. The number of allylic oxidation sites excluding steroid dienone is 2. The number of ether oxygens (including phenoxy) is 1. The largest absolute Gasteiger partial charge is 0.490 e. The highest BCUT2D eigenvalue weighted by molar-refractivity contribution is 6.46. The van der Waals surface area contributed by atoms with Crippen molar-refractivity contribution in [3.8, 4) is 5.75 Å². The minimum atomic E-state index is -0.261. The van der Waals surface area contributed by atoms with Gasteiger partial charge >= 0.3 is 0 Å². The van der Waals surface area contributed by atoms with Crippen LogP contribution in [0.3, 0.4) is 0 Å². The Balaban J connectivity index is 1.68. The van der Waals surface area contributed by atoms with Gasteiger partial charge in [0.1, 0.15) is 23.8 Å². The van der Waals surface area contributed by atoms with Crippen LogP contribution in [0, 0.1) is 11.3 Å². The Morgan fingerprint density at radius 1 is 1.35 bits per heavy atom. The fraction of sp³-hybridized carbons (Fsp3) is 0.429. The molecule has 0 heterocycles. The number of oxime groups is 2. The van der Waals surface area contributed by atoms with E-state index < -0.39 is 0 Å². The Bertz CT molecular complexity index is 840. The lowest BCUT2D eigenvalue weighted by Gasteiger charge is -2.44. The molecular weight excluding hydrogens is 328 g/mol. The predicted molar refractivity (Wildman–Crippen MR) is 101 cm³/mol. The van der Waals surface area contributed by atoms with Gasteiger partial charge in [-0.3, -0.25) is 0 Å². The second-order valence-corrected chi connectivity index (χ2v) is 7.63. The normalized spacial score (nSPS) is 32.6. The van der Waals surface area contributed by atoms with E-state index in [1.807, 2.05) is 6.07 Å². The van der Waals surface area contributed by atoms with Gasteiger partial charge in [0, 0.05) is 17.8 Å². The molecule has 0 spiro atoms. The minimum absolute atomic E-state index is 0.225. The van der Waals surface area contributed by atoms with Gasteiger partial charge in [0.05, 0.1) is 0 Å². The molecule has 0 unspecified atom stereocenters. The van der Waals surface area contributed by atoms with E-state index in [1.54, 1.807) is 6.08 Å². The van der Waals surface area contributed by atoms with Crippen LogP contribution >= 0.6 is 0 Å². The van der Waals surface area contributed by atoms with Crippen LogP contribution < -0.4 is 4.74 Å². The summed E-state index contributed by atoms with van der Waals surface area (Å²) in [5.41, 5.74) is 4.87. The first kappa shape index (κ1) is 16.9. The topological polar surface area (TPSA) is 74.4 Å². The highest BCUT2D eigenvalue weighted by Gasteiger charge is 2.54. The van der Waals surface area contributed by atoms with Crippen LogP contribution in [0.5, 0.6) is 5.75 Å². The fourth-order valence-electron chi connectivity index (χ4n) is 5.09. The molecule has 26 heavy (non-hydrogen) atoms. The monoisotopic (exact) mass is 352 g/mol. The number of hydrogen-bond acceptors (Lipinski definition) is 5. The summed E-state index contributed by atoms with van der Waals surface area (Å²) in [4.78, 5) is 0. The molecule has 4 rings (SSSR count). The van der Waals surface area contributed by atoms with E-state index in [-0.39, 0.29) is 11.3 Å². The van der Waals surface area contributed by atoms with Gasteiger partial charge < -0.3 is 15.2 Å². The lowest BCUT2D eigenvalue weighted by molar-refractivity contribution is 0.244. The van der Waals surface area contributed by atoms with Crippen LogP contribution in [0.1, 0.15) is 43.2 Å². The van der Waals surface area contributed by atoms with Gasteiger partial charge in [-0.25, -0.2) is 0 Å². The van der Waals surface area contributed by atoms with Gasteiger partial charge in [-0.1, -0.05) is 47.6 Å². The molecule has 1 aromatic carbocycles. The first-order valence-electron chi connectivity index (χ1n) is 9.12. The molecule has 136 valence electrons. The van der Waals surface area contributed by atoms with E-state index in [0.717, 1.165) is 25.0 Å². The van der Waals surface area contributed by atoms with Gasteiger partial charge in [-0.2, -0.15) is 0 Å². The van der Waals surface area contributed by atoms with Crippen LogP contribution in [-0.2, 0) is 6.42 Å². The molecule has 1 aromatic rings. The van der Waals surface area contributed by atoms with Gasteiger partial charge in [0.2, 0.25) is 0 Å². The predicted octanol–water partition coefficient (Wildman–Crippen LogP) is 4.30. The van der Waals surface area contributed by atoms with E-state index >= 15 is 0 Å². The third-order valence-corrected chi connectivity index (χ3v) is 6.37. The number of benzene rings is 1. The number of rotatable bonds is 3. The molecule has 3 aliphatic carbocycles. The van der Waals surface area contributed by atoms with E-state index in [2.05, 4.69) is 42.0 Å². The Labute approximate surface area is 153 Å². The van der Waals surface area contributed by atoms with Gasteiger partial charge in [-0.05, 0) is 48.4 Å². The molecule has 3 aliphatic rings. The Morgan fingerprint density at radius 3 is 2.92 bits per heavy atom. The maximum Gasteiger partial charge on any atom is 0.120 e. The lowest BCUT2D eigenvalue weighted by atomic mass is 9.60. The maximum absolute atomic E-state index is 9.48. The molecule has 0 bridgehead atoms. The summed E-state index contributed by atoms with van der Waals surface area (Å²) in [6, 6.07) is 6.36. The summed E-state index contributed by atoms with van der Waals surface area (Å²) >= 11 is 0. The van der Waals surface area contributed by atoms with Crippen molar-refractivity contribution >= 4 is 11.4 Å². The summed E-state index contributed by atoms with van der Waals surface area (Å²) in [6.07, 6.45) is 7.48. The Hall–Kier alpha value is -2.56. The molecule has 2 fully saturated rings. The molecule has 0 saturated heterocycles. The van der Waals surface area contributed by atoms with Crippen molar-refractivity contribution < 1.29 is 15.2 Å². The first-order chi connectivity index (χ1) is 12.6. The van der Waals surface area contributed by atoms with Crippen LogP contribution in [-0.4, -0.2) is 28.4 Å².